The third-order valence-electron chi connectivity index (χ3n) is 6.62. The second-order valence-electron chi connectivity index (χ2n) is 8.63. The highest BCUT2D eigenvalue weighted by Crippen LogP contribution is 2.47. The maximum Gasteiger partial charge on any atom is 0.194 e. The van der Waals surface area contributed by atoms with Crippen molar-refractivity contribution in [2.75, 3.05) is 39.3 Å². The van der Waals surface area contributed by atoms with Crippen LogP contribution in [0, 0.1) is 5.41 Å². The van der Waals surface area contributed by atoms with E-state index in [1.807, 2.05) is 0 Å². The van der Waals surface area contributed by atoms with Crippen LogP contribution < -0.4 is 5.32 Å². The van der Waals surface area contributed by atoms with Gasteiger partial charge < -0.3 is 15.3 Å². The van der Waals surface area contributed by atoms with Gasteiger partial charge in [0.1, 0.15) is 0 Å². The molecule has 2 N–H and O–H groups in total. The number of nitrogens with one attached hydrogen (secondary N) is 1. The molecule has 1 atom stereocenters. The number of aliphatic hydroxyl groups excluding tert-OH is 1. The van der Waals surface area contributed by atoms with Crippen LogP contribution in [0.5, 0.6) is 0 Å². The lowest BCUT2D eigenvalue weighted by Gasteiger charge is -2.38. The molecule has 0 amide bonds. The summed E-state index contributed by atoms with van der Waals surface area (Å²) in [4.78, 5) is 9.55. The van der Waals surface area contributed by atoms with Gasteiger partial charge in [-0.05, 0) is 49.1 Å². The van der Waals surface area contributed by atoms with Crippen LogP contribution >= 0.6 is 0 Å². The van der Waals surface area contributed by atoms with E-state index in [1.54, 1.807) is 0 Å². The smallest absolute Gasteiger partial charge is 0.194 e. The highest BCUT2D eigenvalue weighted by molar-refractivity contribution is 5.80. The molecule has 148 valence electrons. The second-order valence-corrected chi connectivity index (χ2v) is 8.63. The van der Waals surface area contributed by atoms with Gasteiger partial charge in [0.05, 0.1) is 12.6 Å². The second kappa shape index (κ2) is 8.19. The summed E-state index contributed by atoms with van der Waals surface area (Å²) in [5.41, 5.74) is 3.42. The van der Waals surface area contributed by atoms with Crippen molar-refractivity contribution >= 4 is 5.96 Å². The molecule has 0 aromatic heterocycles. The molecule has 0 bridgehead atoms. The Bertz CT molecular complexity index is 670. The molecule has 1 saturated heterocycles. The summed E-state index contributed by atoms with van der Waals surface area (Å²) in [6, 6.07) is 8.66. The molecular weight excluding hydrogens is 336 g/mol. The third kappa shape index (κ3) is 4.30. The van der Waals surface area contributed by atoms with E-state index in [1.165, 1.54) is 36.8 Å². The number of aliphatic imine (C=N–C) groups is 1. The normalized spacial score (nSPS) is 23.2. The predicted molar refractivity (Wildman–Crippen MR) is 110 cm³/mol. The van der Waals surface area contributed by atoms with Crippen LogP contribution in [0.25, 0.3) is 0 Å². The Morgan fingerprint density at radius 1 is 1.22 bits per heavy atom. The van der Waals surface area contributed by atoms with Crippen LogP contribution in [0.15, 0.2) is 29.3 Å². The van der Waals surface area contributed by atoms with Crippen LogP contribution in [0.2, 0.25) is 0 Å². The largest absolute Gasteiger partial charge is 0.390 e. The number of hydrogen-bond donors (Lipinski definition) is 2. The molecule has 1 unspecified atom stereocenters. The number of nitrogens with zero attached hydrogens (tertiary/aromatic N) is 3. The monoisotopic (exact) mass is 370 g/mol. The van der Waals surface area contributed by atoms with Crippen LogP contribution in [-0.4, -0.2) is 66.2 Å². The molecule has 1 saturated carbocycles. The molecule has 2 fully saturated rings. The highest BCUT2D eigenvalue weighted by atomic mass is 16.3. The SMILES string of the molecule is CCNC(=NCC(O)CN1CCc2ccccc2C1)N1CCC2(CCC2)C1. The van der Waals surface area contributed by atoms with Crippen molar-refractivity contribution in [2.24, 2.45) is 10.4 Å². The van der Waals surface area contributed by atoms with Gasteiger partial charge >= 0.3 is 0 Å². The number of rotatable bonds is 5. The van der Waals surface area contributed by atoms with Crippen molar-refractivity contribution in [1.82, 2.24) is 15.1 Å². The van der Waals surface area contributed by atoms with Crippen molar-refractivity contribution in [3.8, 4) is 0 Å². The van der Waals surface area contributed by atoms with Gasteiger partial charge in [0.2, 0.25) is 0 Å². The van der Waals surface area contributed by atoms with E-state index in [-0.39, 0.29) is 0 Å². The molecule has 2 aliphatic heterocycles. The summed E-state index contributed by atoms with van der Waals surface area (Å²) in [5.74, 6) is 0.990. The fourth-order valence-corrected chi connectivity index (χ4v) is 4.88. The molecule has 5 heteroatoms. The quantitative estimate of drug-likeness (QED) is 0.617. The lowest BCUT2D eigenvalue weighted by molar-refractivity contribution is 0.111. The van der Waals surface area contributed by atoms with Gasteiger partial charge in [-0.15, -0.1) is 0 Å². The molecule has 1 aromatic carbocycles. The van der Waals surface area contributed by atoms with Gasteiger partial charge in [0.15, 0.2) is 5.96 Å². The van der Waals surface area contributed by atoms with Crippen molar-refractivity contribution < 1.29 is 5.11 Å². The van der Waals surface area contributed by atoms with E-state index in [0.29, 0.717) is 18.5 Å². The molecular formula is C22H34N4O. The number of guanidine groups is 1. The summed E-state index contributed by atoms with van der Waals surface area (Å²) in [5, 5.41) is 14.0. The fourth-order valence-electron chi connectivity index (χ4n) is 4.88. The molecule has 3 aliphatic rings. The average molecular weight is 371 g/mol. The Morgan fingerprint density at radius 3 is 2.74 bits per heavy atom. The van der Waals surface area contributed by atoms with Crippen LogP contribution in [0.1, 0.15) is 43.7 Å². The zero-order chi connectivity index (χ0) is 18.7. The maximum absolute atomic E-state index is 10.6. The first-order chi connectivity index (χ1) is 13.2. The van der Waals surface area contributed by atoms with Gasteiger partial charge in [0.25, 0.3) is 0 Å². The number of hydrogen-bond acceptors (Lipinski definition) is 3. The van der Waals surface area contributed by atoms with E-state index in [0.717, 1.165) is 45.1 Å². The Labute approximate surface area is 163 Å². The average Bonchev–Trinajstić information content (AvgIpc) is 3.11. The zero-order valence-corrected chi connectivity index (χ0v) is 16.7. The first-order valence-electron chi connectivity index (χ1n) is 10.7. The van der Waals surface area contributed by atoms with Crippen LogP contribution in [0.3, 0.4) is 0 Å². The van der Waals surface area contributed by atoms with Gasteiger partial charge in [-0.25, -0.2) is 0 Å². The summed E-state index contributed by atoms with van der Waals surface area (Å²) in [6.45, 7) is 8.36. The van der Waals surface area contributed by atoms with Gasteiger partial charge in [-0.1, -0.05) is 30.7 Å². The molecule has 0 radical (unpaired) electrons. The number of aliphatic hydroxyl groups is 1. The Hall–Kier alpha value is -1.59. The fraction of sp³-hybridized carbons (Fsp3) is 0.682. The molecule has 1 spiro atoms. The Morgan fingerprint density at radius 2 is 2.04 bits per heavy atom. The third-order valence-corrected chi connectivity index (χ3v) is 6.62. The Kier molecular flexibility index (Phi) is 5.69. The van der Waals surface area contributed by atoms with E-state index >= 15 is 0 Å². The Balaban J connectivity index is 1.30. The number of likely N-dealkylation sites (tertiary alicyclic amines) is 1. The van der Waals surface area contributed by atoms with E-state index in [4.69, 9.17) is 4.99 Å². The van der Waals surface area contributed by atoms with E-state index in [2.05, 4.69) is 46.3 Å². The standard InChI is InChI=1S/C22H34N4O/c1-2-23-21(26-13-11-22(17-26)9-5-10-22)24-14-20(27)16-25-12-8-18-6-3-4-7-19(18)15-25/h3-4,6-7,20,27H,2,5,8-17H2,1H3,(H,23,24). The van der Waals surface area contributed by atoms with Crippen molar-refractivity contribution in [2.45, 2.75) is 51.7 Å². The number of benzene rings is 1. The molecule has 2 heterocycles. The molecule has 4 rings (SSSR count). The van der Waals surface area contributed by atoms with E-state index in [9.17, 15) is 5.11 Å². The van der Waals surface area contributed by atoms with Crippen molar-refractivity contribution in [3.63, 3.8) is 0 Å². The first-order valence-corrected chi connectivity index (χ1v) is 10.7. The zero-order valence-electron chi connectivity index (χ0n) is 16.7. The van der Waals surface area contributed by atoms with Gasteiger partial charge in [0, 0.05) is 39.3 Å². The topological polar surface area (TPSA) is 51.1 Å². The highest BCUT2D eigenvalue weighted by Gasteiger charge is 2.43. The maximum atomic E-state index is 10.6. The lowest BCUT2D eigenvalue weighted by atomic mass is 9.68. The van der Waals surface area contributed by atoms with Crippen LogP contribution in [-0.2, 0) is 13.0 Å². The summed E-state index contributed by atoms with van der Waals surface area (Å²) >= 11 is 0. The summed E-state index contributed by atoms with van der Waals surface area (Å²) in [6.07, 6.45) is 6.10. The minimum absolute atomic E-state index is 0.413. The van der Waals surface area contributed by atoms with Crippen LogP contribution in [0.4, 0.5) is 0 Å². The number of β-amino-alcohol motifs (C(OH)–C–C–N with tert-alkyl or cyclic N) is 1. The molecule has 27 heavy (non-hydrogen) atoms. The molecule has 5 nitrogen and oxygen atoms in total. The number of fused-ring (bicyclic) bond motifs is 1. The summed E-state index contributed by atoms with van der Waals surface area (Å²) in [7, 11) is 0. The minimum Gasteiger partial charge on any atom is -0.390 e. The molecule has 1 aliphatic carbocycles. The van der Waals surface area contributed by atoms with E-state index < -0.39 is 6.10 Å². The first kappa shape index (κ1) is 18.8. The molecule has 1 aromatic rings. The van der Waals surface area contributed by atoms with Crippen molar-refractivity contribution in [1.29, 1.82) is 0 Å². The summed E-state index contributed by atoms with van der Waals surface area (Å²) < 4.78 is 0. The van der Waals surface area contributed by atoms with Gasteiger partial charge in [-0.3, -0.25) is 9.89 Å². The predicted octanol–water partition coefficient (Wildman–Crippen LogP) is 2.25. The minimum atomic E-state index is -0.413. The lowest BCUT2D eigenvalue weighted by Crippen LogP contribution is -2.43. The van der Waals surface area contributed by atoms with Gasteiger partial charge in [-0.2, -0.15) is 0 Å². The van der Waals surface area contributed by atoms with Crippen molar-refractivity contribution in [3.05, 3.63) is 35.4 Å².